The van der Waals surface area contributed by atoms with Crippen LogP contribution >= 0.6 is 0 Å². The van der Waals surface area contributed by atoms with E-state index in [4.69, 9.17) is 4.74 Å². The number of ether oxygens (including phenoxy) is 1. The fourth-order valence-electron chi connectivity index (χ4n) is 1.85. The van der Waals surface area contributed by atoms with Crippen LogP contribution < -0.4 is 10.1 Å². The fraction of sp³-hybridized carbons (Fsp3) is 0.267. The Labute approximate surface area is 113 Å². The lowest BCUT2D eigenvalue weighted by atomic mass is 10.1. The summed E-state index contributed by atoms with van der Waals surface area (Å²) in [6, 6.07) is 11.4. The third kappa shape index (κ3) is 3.45. The SMILES string of the molecule is COc1ccc(CNC(C)c2ccccn2)cc1O. The van der Waals surface area contributed by atoms with Crippen LogP contribution in [0.3, 0.4) is 0 Å². The van der Waals surface area contributed by atoms with Crippen LogP contribution in [0, 0.1) is 0 Å². The Morgan fingerprint density at radius 1 is 1.32 bits per heavy atom. The molecule has 0 saturated carbocycles. The van der Waals surface area contributed by atoms with Crippen LogP contribution in [0.25, 0.3) is 0 Å². The molecule has 0 amide bonds. The molecule has 1 aromatic heterocycles. The number of hydrogen-bond acceptors (Lipinski definition) is 4. The number of phenols is 1. The van der Waals surface area contributed by atoms with E-state index in [0.717, 1.165) is 11.3 Å². The van der Waals surface area contributed by atoms with E-state index in [-0.39, 0.29) is 11.8 Å². The molecule has 0 aliphatic heterocycles. The molecule has 100 valence electrons. The minimum Gasteiger partial charge on any atom is -0.504 e. The van der Waals surface area contributed by atoms with Crippen molar-refractivity contribution in [2.45, 2.75) is 19.5 Å². The van der Waals surface area contributed by atoms with Crippen LogP contribution in [-0.4, -0.2) is 17.2 Å². The molecule has 0 radical (unpaired) electrons. The summed E-state index contributed by atoms with van der Waals surface area (Å²) in [6.45, 7) is 2.72. The first kappa shape index (κ1) is 13.4. The van der Waals surface area contributed by atoms with Gasteiger partial charge in [-0.15, -0.1) is 0 Å². The first-order valence-corrected chi connectivity index (χ1v) is 6.21. The first-order chi connectivity index (χ1) is 9.20. The summed E-state index contributed by atoms with van der Waals surface area (Å²) in [5.41, 5.74) is 2.00. The van der Waals surface area contributed by atoms with Crippen LogP contribution in [-0.2, 0) is 6.54 Å². The highest BCUT2D eigenvalue weighted by atomic mass is 16.5. The van der Waals surface area contributed by atoms with Crippen molar-refractivity contribution in [1.82, 2.24) is 10.3 Å². The van der Waals surface area contributed by atoms with Crippen molar-refractivity contribution in [2.24, 2.45) is 0 Å². The maximum atomic E-state index is 9.71. The molecular formula is C15H18N2O2. The van der Waals surface area contributed by atoms with Gasteiger partial charge in [-0.05, 0) is 36.8 Å². The van der Waals surface area contributed by atoms with E-state index in [0.29, 0.717) is 12.3 Å². The Bertz CT molecular complexity index is 529. The molecule has 0 fully saturated rings. The highest BCUT2D eigenvalue weighted by Crippen LogP contribution is 2.26. The van der Waals surface area contributed by atoms with E-state index in [1.54, 1.807) is 18.3 Å². The summed E-state index contributed by atoms with van der Waals surface area (Å²) in [7, 11) is 1.54. The monoisotopic (exact) mass is 258 g/mol. The Morgan fingerprint density at radius 3 is 2.79 bits per heavy atom. The summed E-state index contributed by atoms with van der Waals surface area (Å²) < 4.78 is 5.01. The standard InChI is InChI=1S/C15H18N2O2/c1-11(13-5-3-4-8-16-13)17-10-12-6-7-15(19-2)14(18)9-12/h3-9,11,17-18H,10H2,1-2H3. The zero-order valence-corrected chi connectivity index (χ0v) is 11.1. The molecular weight excluding hydrogens is 240 g/mol. The number of hydrogen-bond donors (Lipinski definition) is 2. The molecule has 19 heavy (non-hydrogen) atoms. The number of phenolic OH excluding ortho intramolecular Hbond substituents is 1. The van der Waals surface area contributed by atoms with Gasteiger partial charge in [0.1, 0.15) is 0 Å². The Balaban J connectivity index is 1.97. The van der Waals surface area contributed by atoms with Crippen LogP contribution in [0.2, 0.25) is 0 Å². The lowest BCUT2D eigenvalue weighted by Crippen LogP contribution is -2.18. The van der Waals surface area contributed by atoms with Crippen LogP contribution in [0.5, 0.6) is 11.5 Å². The fourth-order valence-corrected chi connectivity index (χ4v) is 1.85. The Hall–Kier alpha value is -2.07. The summed E-state index contributed by atoms with van der Waals surface area (Å²) >= 11 is 0. The lowest BCUT2D eigenvalue weighted by molar-refractivity contribution is 0.373. The number of benzene rings is 1. The smallest absolute Gasteiger partial charge is 0.160 e. The quantitative estimate of drug-likeness (QED) is 0.865. The largest absolute Gasteiger partial charge is 0.504 e. The average Bonchev–Trinajstić information content (AvgIpc) is 2.46. The minimum atomic E-state index is 0.158. The van der Waals surface area contributed by atoms with Crippen LogP contribution in [0.1, 0.15) is 24.2 Å². The van der Waals surface area contributed by atoms with Crippen molar-refractivity contribution in [1.29, 1.82) is 0 Å². The molecule has 0 saturated heterocycles. The minimum absolute atomic E-state index is 0.158. The topological polar surface area (TPSA) is 54.4 Å². The zero-order valence-electron chi connectivity index (χ0n) is 11.1. The number of methoxy groups -OCH3 is 1. The van der Waals surface area contributed by atoms with Gasteiger partial charge >= 0.3 is 0 Å². The number of nitrogens with zero attached hydrogens (tertiary/aromatic N) is 1. The predicted molar refractivity (Wildman–Crippen MR) is 74.2 cm³/mol. The van der Waals surface area contributed by atoms with Gasteiger partial charge in [-0.1, -0.05) is 12.1 Å². The third-order valence-electron chi connectivity index (χ3n) is 2.99. The second-order valence-electron chi connectivity index (χ2n) is 4.36. The molecule has 4 heteroatoms. The number of nitrogens with one attached hydrogen (secondary N) is 1. The molecule has 1 unspecified atom stereocenters. The molecule has 1 atom stereocenters. The van der Waals surface area contributed by atoms with Gasteiger partial charge in [0.05, 0.1) is 12.8 Å². The van der Waals surface area contributed by atoms with Crippen LogP contribution in [0.15, 0.2) is 42.6 Å². The van der Waals surface area contributed by atoms with Gasteiger partial charge in [0.25, 0.3) is 0 Å². The second-order valence-corrected chi connectivity index (χ2v) is 4.36. The summed E-state index contributed by atoms with van der Waals surface area (Å²) in [5.74, 6) is 0.647. The van der Waals surface area contributed by atoms with Gasteiger partial charge in [-0.25, -0.2) is 0 Å². The van der Waals surface area contributed by atoms with Gasteiger partial charge < -0.3 is 15.2 Å². The summed E-state index contributed by atoms with van der Waals surface area (Å²) in [6.07, 6.45) is 1.78. The molecule has 2 aromatic rings. The average molecular weight is 258 g/mol. The molecule has 0 bridgehead atoms. The molecule has 0 spiro atoms. The molecule has 0 aliphatic rings. The van der Waals surface area contributed by atoms with Crippen molar-refractivity contribution in [3.05, 3.63) is 53.9 Å². The normalized spacial score (nSPS) is 12.1. The van der Waals surface area contributed by atoms with Crippen molar-refractivity contribution in [3.8, 4) is 11.5 Å². The third-order valence-corrected chi connectivity index (χ3v) is 2.99. The Kier molecular flexibility index (Phi) is 4.36. The number of rotatable bonds is 5. The molecule has 2 N–H and O–H groups in total. The highest BCUT2D eigenvalue weighted by molar-refractivity contribution is 5.41. The van der Waals surface area contributed by atoms with Gasteiger partial charge in [-0.2, -0.15) is 0 Å². The van der Waals surface area contributed by atoms with Gasteiger partial charge in [-0.3, -0.25) is 4.98 Å². The Morgan fingerprint density at radius 2 is 2.16 bits per heavy atom. The maximum absolute atomic E-state index is 9.71. The summed E-state index contributed by atoms with van der Waals surface area (Å²) in [5, 5.41) is 13.1. The first-order valence-electron chi connectivity index (χ1n) is 6.21. The van der Waals surface area contributed by atoms with Crippen molar-refractivity contribution >= 4 is 0 Å². The molecule has 2 rings (SSSR count). The van der Waals surface area contributed by atoms with Crippen molar-refractivity contribution < 1.29 is 9.84 Å². The number of aromatic nitrogens is 1. The van der Waals surface area contributed by atoms with E-state index in [2.05, 4.69) is 17.2 Å². The van der Waals surface area contributed by atoms with E-state index in [1.807, 2.05) is 24.3 Å². The highest BCUT2D eigenvalue weighted by Gasteiger charge is 2.07. The van der Waals surface area contributed by atoms with Crippen molar-refractivity contribution in [3.63, 3.8) is 0 Å². The van der Waals surface area contributed by atoms with Gasteiger partial charge in [0, 0.05) is 18.8 Å². The molecule has 1 heterocycles. The predicted octanol–water partition coefficient (Wildman–Crippen LogP) is 2.65. The summed E-state index contributed by atoms with van der Waals surface area (Å²) in [4.78, 5) is 4.30. The maximum Gasteiger partial charge on any atom is 0.160 e. The molecule has 0 aliphatic carbocycles. The van der Waals surface area contributed by atoms with Crippen LogP contribution in [0.4, 0.5) is 0 Å². The van der Waals surface area contributed by atoms with Gasteiger partial charge in [0.2, 0.25) is 0 Å². The van der Waals surface area contributed by atoms with E-state index >= 15 is 0 Å². The number of pyridine rings is 1. The lowest BCUT2D eigenvalue weighted by Gasteiger charge is -2.13. The molecule has 4 nitrogen and oxygen atoms in total. The van der Waals surface area contributed by atoms with E-state index < -0.39 is 0 Å². The zero-order chi connectivity index (χ0) is 13.7. The number of aromatic hydroxyl groups is 1. The van der Waals surface area contributed by atoms with E-state index in [9.17, 15) is 5.11 Å². The van der Waals surface area contributed by atoms with Gasteiger partial charge in [0.15, 0.2) is 11.5 Å². The molecule has 1 aromatic carbocycles. The van der Waals surface area contributed by atoms with E-state index in [1.165, 1.54) is 7.11 Å². The van der Waals surface area contributed by atoms with Crippen molar-refractivity contribution in [2.75, 3.05) is 7.11 Å². The second kappa shape index (κ2) is 6.20.